The molecule has 0 aliphatic carbocycles. The standard InChI is InChI=1S/C22H24N2O3S/c1-2-3-16-28(25,26)24-20-14-15-21(23-17-20)27-22(18-10-6-4-7-11-18)19-12-8-5-9-13-19/h4-15,17,22,24H,2-3,16H2,1H3. The maximum atomic E-state index is 12.0. The summed E-state index contributed by atoms with van der Waals surface area (Å²) in [5.41, 5.74) is 2.46. The van der Waals surface area contributed by atoms with Crippen molar-refractivity contribution in [3.8, 4) is 5.88 Å². The van der Waals surface area contributed by atoms with Crippen molar-refractivity contribution in [2.24, 2.45) is 0 Å². The Morgan fingerprint density at radius 2 is 1.54 bits per heavy atom. The Kier molecular flexibility index (Phi) is 6.66. The van der Waals surface area contributed by atoms with E-state index >= 15 is 0 Å². The maximum Gasteiger partial charge on any atom is 0.232 e. The second-order valence-corrected chi connectivity index (χ2v) is 8.32. The van der Waals surface area contributed by atoms with Gasteiger partial charge in [-0.25, -0.2) is 13.4 Å². The molecule has 6 heteroatoms. The lowest BCUT2D eigenvalue weighted by Gasteiger charge is -2.19. The van der Waals surface area contributed by atoms with E-state index in [-0.39, 0.29) is 11.9 Å². The third-order valence-electron chi connectivity index (χ3n) is 4.22. The number of hydrogen-bond donors (Lipinski definition) is 1. The van der Waals surface area contributed by atoms with Crippen LogP contribution in [0.15, 0.2) is 79.0 Å². The minimum Gasteiger partial charge on any atom is -0.465 e. The third kappa shape index (κ3) is 5.57. The maximum absolute atomic E-state index is 12.0. The molecule has 0 unspecified atom stereocenters. The number of unbranched alkanes of at least 4 members (excludes halogenated alkanes) is 1. The van der Waals surface area contributed by atoms with Crippen molar-refractivity contribution in [3.05, 3.63) is 90.1 Å². The molecule has 0 saturated carbocycles. The Morgan fingerprint density at radius 1 is 0.929 bits per heavy atom. The average molecular weight is 397 g/mol. The summed E-state index contributed by atoms with van der Waals surface area (Å²) in [4.78, 5) is 4.28. The molecule has 0 radical (unpaired) electrons. The molecular formula is C22H24N2O3S. The van der Waals surface area contributed by atoms with Gasteiger partial charge in [-0.3, -0.25) is 4.72 Å². The fourth-order valence-corrected chi connectivity index (χ4v) is 4.03. The topological polar surface area (TPSA) is 68.3 Å². The predicted molar refractivity (Wildman–Crippen MR) is 112 cm³/mol. The molecule has 5 nitrogen and oxygen atoms in total. The predicted octanol–water partition coefficient (Wildman–Crippen LogP) is 4.79. The van der Waals surface area contributed by atoms with Crippen molar-refractivity contribution in [1.29, 1.82) is 0 Å². The number of nitrogens with zero attached hydrogens (tertiary/aromatic N) is 1. The molecule has 3 rings (SSSR count). The molecule has 0 bridgehead atoms. The number of nitrogens with one attached hydrogen (secondary N) is 1. The largest absolute Gasteiger partial charge is 0.465 e. The summed E-state index contributed by atoms with van der Waals surface area (Å²) in [6, 6.07) is 23.2. The lowest BCUT2D eigenvalue weighted by molar-refractivity contribution is 0.237. The first-order valence-corrected chi connectivity index (χ1v) is 11.0. The zero-order chi connectivity index (χ0) is 19.8. The van der Waals surface area contributed by atoms with Crippen LogP contribution in [-0.4, -0.2) is 19.2 Å². The number of anilines is 1. The van der Waals surface area contributed by atoms with E-state index in [2.05, 4.69) is 9.71 Å². The molecule has 28 heavy (non-hydrogen) atoms. The highest BCUT2D eigenvalue weighted by atomic mass is 32.2. The van der Waals surface area contributed by atoms with Crippen LogP contribution in [0.2, 0.25) is 0 Å². The molecule has 0 saturated heterocycles. The highest BCUT2D eigenvalue weighted by Gasteiger charge is 2.17. The Bertz CT molecular complexity index is 920. The molecule has 0 fully saturated rings. The molecule has 1 aromatic heterocycles. The molecule has 0 aliphatic heterocycles. The fraction of sp³-hybridized carbons (Fsp3) is 0.227. The van der Waals surface area contributed by atoms with E-state index in [0.29, 0.717) is 18.0 Å². The zero-order valence-corrected chi connectivity index (χ0v) is 16.6. The highest BCUT2D eigenvalue weighted by Crippen LogP contribution is 2.27. The molecule has 3 aromatic rings. The Balaban J connectivity index is 1.77. The molecule has 0 aliphatic rings. The monoisotopic (exact) mass is 396 g/mol. The van der Waals surface area contributed by atoms with Crippen LogP contribution < -0.4 is 9.46 Å². The molecule has 2 aromatic carbocycles. The van der Waals surface area contributed by atoms with Gasteiger partial charge in [0.25, 0.3) is 0 Å². The summed E-state index contributed by atoms with van der Waals surface area (Å²) in [7, 11) is -3.35. The number of hydrogen-bond acceptors (Lipinski definition) is 4. The molecule has 1 N–H and O–H groups in total. The van der Waals surface area contributed by atoms with Crippen molar-refractivity contribution in [1.82, 2.24) is 4.98 Å². The minimum atomic E-state index is -3.35. The molecule has 1 heterocycles. The zero-order valence-electron chi connectivity index (χ0n) is 15.8. The van der Waals surface area contributed by atoms with Crippen LogP contribution >= 0.6 is 0 Å². The van der Waals surface area contributed by atoms with Gasteiger partial charge in [-0.15, -0.1) is 0 Å². The van der Waals surface area contributed by atoms with Crippen LogP contribution in [0.5, 0.6) is 5.88 Å². The van der Waals surface area contributed by atoms with Crippen LogP contribution in [-0.2, 0) is 10.0 Å². The highest BCUT2D eigenvalue weighted by molar-refractivity contribution is 7.92. The Labute approximate surface area is 166 Å². The van der Waals surface area contributed by atoms with Crippen LogP contribution in [0.3, 0.4) is 0 Å². The molecular weight excluding hydrogens is 372 g/mol. The Hall–Kier alpha value is -2.86. The summed E-state index contributed by atoms with van der Waals surface area (Å²) in [6.07, 6.45) is 2.62. The van der Waals surface area contributed by atoms with Gasteiger partial charge >= 0.3 is 0 Å². The SMILES string of the molecule is CCCCS(=O)(=O)Nc1ccc(OC(c2ccccc2)c2ccccc2)nc1. The number of ether oxygens (including phenoxy) is 1. The quantitative estimate of drug-likeness (QED) is 0.564. The van der Waals surface area contributed by atoms with Crippen molar-refractivity contribution in [3.63, 3.8) is 0 Å². The molecule has 0 spiro atoms. The first-order chi connectivity index (χ1) is 13.6. The summed E-state index contributed by atoms with van der Waals surface area (Å²) < 4.78 is 32.7. The van der Waals surface area contributed by atoms with E-state index in [9.17, 15) is 8.42 Å². The van der Waals surface area contributed by atoms with E-state index in [0.717, 1.165) is 17.5 Å². The summed E-state index contributed by atoms with van der Waals surface area (Å²) in [6.45, 7) is 1.96. The third-order valence-corrected chi connectivity index (χ3v) is 5.59. The van der Waals surface area contributed by atoms with Gasteiger partial charge in [-0.05, 0) is 23.6 Å². The lowest BCUT2D eigenvalue weighted by atomic mass is 10.0. The van der Waals surface area contributed by atoms with E-state index in [4.69, 9.17) is 4.74 Å². The average Bonchev–Trinajstić information content (AvgIpc) is 2.73. The number of aromatic nitrogens is 1. The van der Waals surface area contributed by atoms with Gasteiger partial charge in [0.15, 0.2) is 6.10 Å². The minimum absolute atomic E-state index is 0.103. The van der Waals surface area contributed by atoms with Gasteiger partial charge in [-0.2, -0.15) is 0 Å². The van der Waals surface area contributed by atoms with Crippen LogP contribution in [0.4, 0.5) is 5.69 Å². The van der Waals surface area contributed by atoms with Gasteiger partial charge in [0.2, 0.25) is 15.9 Å². The molecule has 0 amide bonds. The number of sulfonamides is 1. The van der Waals surface area contributed by atoms with E-state index in [1.165, 1.54) is 6.20 Å². The molecule has 146 valence electrons. The number of rotatable bonds is 9. The van der Waals surface area contributed by atoms with Gasteiger partial charge in [0.05, 0.1) is 17.6 Å². The fourth-order valence-electron chi connectivity index (χ4n) is 2.78. The molecule has 0 atom stereocenters. The summed E-state index contributed by atoms with van der Waals surface area (Å²) >= 11 is 0. The van der Waals surface area contributed by atoms with E-state index < -0.39 is 10.0 Å². The van der Waals surface area contributed by atoms with Gasteiger partial charge in [-0.1, -0.05) is 74.0 Å². The second-order valence-electron chi connectivity index (χ2n) is 6.48. The summed E-state index contributed by atoms with van der Waals surface area (Å²) in [5.74, 6) is 0.528. The van der Waals surface area contributed by atoms with Crippen molar-refractivity contribution in [2.75, 3.05) is 10.5 Å². The van der Waals surface area contributed by atoms with Gasteiger partial charge in [0, 0.05) is 6.07 Å². The van der Waals surface area contributed by atoms with E-state index in [1.54, 1.807) is 12.1 Å². The first kappa shape index (κ1) is 19.9. The van der Waals surface area contributed by atoms with Crippen molar-refractivity contribution in [2.45, 2.75) is 25.9 Å². The lowest BCUT2D eigenvalue weighted by Crippen LogP contribution is -2.16. The second kappa shape index (κ2) is 9.37. The van der Waals surface area contributed by atoms with Crippen LogP contribution in [0.25, 0.3) is 0 Å². The van der Waals surface area contributed by atoms with Crippen LogP contribution in [0, 0.1) is 0 Å². The summed E-state index contributed by atoms with van der Waals surface area (Å²) in [5, 5.41) is 0. The number of pyridine rings is 1. The smallest absolute Gasteiger partial charge is 0.232 e. The van der Waals surface area contributed by atoms with Crippen molar-refractivity contribution >= 4 is 15.7 Å². The normalized spacial score (nSPS) is 11.4. The van der Waals surface area contributed by atoms with E-state index in [1.807, 2.05) is 67.6 Å². The Morgan fingerprint density at radius 3 is 2.04 bits per heavy atom. The van der Waals surface area contributed by atoms with Crippen molar-refractivity contribution < 1.29 is 13.2 Å². The first-order valence-electron chi connectivity index (χ1n) is 9.30. The van der Waals surface area contributed by atoms with Crippen LogP contribution in [0.1, 0.15) is 37.0 Å². The van der Waals surface area contributed by atoms with Gasteiger partial charge < -0.3 is 4.74 Å². The number of benzene rings is 2. The van der Waals surface area contributed by atoms with Gasteiger partial charge in [0.1, 0.15) is 0 Å².